The molecule has 0 bridgehead atoms. The van der Waals surface area contributed by atoms with E-state index in [9.17, 15) is 74.6 Å². The molecule has 1 aliphatic carbocycles. The van der Waals surface area contributed by atoms with Crippen LogP contribution in [0.3, 0.4) is 0 Å². The van der Waals surface area contributed by atoms with Crippen molar-refractivity contribution in [2.45, 2.75) is 511 Å². The monoisotopic (exact) mass is 1680 g/mol. The molecule has 2 aliphatic heterocycles. The second kappa shape index (κ2) is 69.6. The average molecular weight is 1680 g/mol. The van der Waals surface area contributed by atoms with Crippen LogP contribution < -0.4 is 0 Å². The van der Waals surface area contributed by atoms with Gasteiger partial charge in [0, 0.05) is 25.7 Å². The summed E-state index contributed by atoms with van der Waals surface area (Å²) < 4.78 is 73.4. The minimum absolute atomic E-state index is 0.00423. The fraction of sp³-hybridized carbons (Fsp3) is 0.933. The topological polar surface area (TPSA) is 380 Å². The summed E-state index contributed by atoms with van der Waals surface area (Å²) in [7, 11) is -5.80. The Bertz CT molecular complexity index is 2460. The third-order valence-corrected chi connectivity index (χ3v) is 24.0. The van der Waals surface area contributed by atoms with Crippen LogP contribution in [0.5, 0.6) is 0 Å². The molecule has 0 spiro atoms. The van der Waals surface area contributed by atoms with Crippen LogP contribution in [0.4, 0.5) is 0 Å². The highest BCUT2D eigenvalue weighted by Gasteiger charge is 2.60. The Kier molecular flexibility index (Phi) is 64.4. The van der Waals surface area contributed by atoms with Crippen molar-refractivity contribution in [1.29, 1.82) is 0 Å². The van der Waals surface area contributed by atoms with E-state index in [4.69, 9.17) is 46.9 Å². The van der Waals surface area contributed by atoms with Gasteiger partial charge >= 0.3 is 31.7 Å². The number of carbonyl (C=O) groups is 4. The predicted octanol–water partition coefficient (Wildman–Crippen LogP) is 17.2. The van der Waals surface area contributed by atoms with Crippen LogP contribution in [0.1, 0.15) is 407 Å². The van der Waals surface area contributed by atoms with E-state index in [1.807, 2.05) is 0 Å². The van der Waals surface area contributed by atoms with Gasteiger partial charge in [-0.1, -0.05) is 342 Å². The van der Waals surface area contributed by atoms with Gasteiger partial charge in [0.05, 0.1) is 13.2 Å². The van der Waals surface area contributed by atoms with Gasteiger partial charge in [0.2, 0.25) is 0 Å². The molecule has 0 amide bonds. The van der Waals surface area contributed by atoms with E-state index in [1.165, 1.54) is 193 Å². The first kappa shape index (κ1) is 107. The molecule has 0 aromatic rings. The van der Waals surface area contributed by atoms with Crippen LogP contribution in [0.25, 0.3) is 0 Å². The highest BCUT2D eigenvalue weighted by atomic mass is 31.2. The predicted molar refractivity (Wildman–Crippen MR) is 449 cm³/mol. The third kappa shape index (κ3) is 49.5. The number of unbranched alkanes of at least 4 members (excludes halogenated alkanes) is 50. The molecule has 26 heteroatoms. The zero-order valence-corrected chi connectivity index (χ0v) is 73.5. The van der Waals surface area contributed by atoms with Crippen molar-refractivity contribution >= 4 is 31.7 Å². The Balaban J connectivity index is 1.92. The van der Waals surface area contributed by atoms with E-state index >= 15 is 0 Å². The lowest BCUT2D eigenvalue weighted by atomic mass is 9.84. The van der Waals surface area contributed by atoms with E-state index in [0.717, 1.165) is 122 Å². The van der Waals surface area contributed by atoms with E-state index in [-0.39, 0.29) is 25.7 Å². The van der Waals surface area contributed by atoms with E-state index in [1.54, 1.807) is 0 Å². The quantitative estimate of drug-likeness (QED) is 0.00889. The molecule has 18 unspecified atom stereocenters. The zero-order chi connectivity index (χ0) is 84.7. The molecule has 18 atom stereocenters. The van der Waals surface area contributed by atoms with Crippen molar-refractivity contribution in [2.24, 2.45) is 0 Å². The number of phosphoric acid groups is 1. The zero-order valence-electron chi connectivity index (χ0n) is 72.6. The maximum absolute atomic E-state index is 14.9. The van der Waals surface area contributed by atoms with Gasteiger partial charge in [-0.3, -0.25) is 28.2 Å². The minimum Gasteiger partial charge on any atom is -0.463 e. The number of allylic oxidation sites excluding steroid dienone is 2. The number of aliphatic hydroxyl groups excluding tert-OH is 9. The van der Waals surface area contributed by atoms with Crippen molar-refractivity contribution < 1.29 is 122 Å². The molecule has 0 aromatic carbocycles. The Hall–Kier alpha value is -2.79. The lowest BCUT2D eigenvalue weighted by Gasteiger charge is -2.50. The highest BCUT2D eigenvalue weighted by molar-refractivity contribution is 7.47. The van der Waals surface area contributed by atoms with Crippen LogP contribution >= 0.6 is 7.82 Å². The number of phosphoric ester groups is 1. The Morgan fingerprint density at radius 1 is 0.336 bits per heavy atom. The molecular formula is C90H167O25P. The normalized spacial score (nSPS) is 25.2. The SMILES string of the molecule is CCCCCCCC/C=C\CCCCCC(=O)OCC1OC(OC2C(OC(=O)CCCCCCCCCCCCCCCCCC)C(O)C(O)C(OC3OC(CO)C(O)C(O)C3O)C2OP(=O)(O)OCC(COC(=O)CCCCCCCCCCCCCCCCC)OC(=O)CCCCCCCCCCCCCCC)C(O)C(O)C1O. The molecular weight excluding hydrogens is 1510 g/mol. The first-order valence-electron chi connectivity index (χ1n) is 46.9. The van der Waals surface area contributed by atoms with Crippen LogP contribution in [-0.2, 0) is 70.7 Å². The van der Waals surface area contributed by atoms with Gasteiger partial charge in [0.1, 0.15) is 92.6 Å². The second-order valence-corrected chi connectivity index (χ2v) is 34.9. The number of esters is 4. The third-order valence-electron chi connectivity index (χ3n) is 23.0. The van der Waals surface area contributed by atoms with E-state index in [2.05, 4.69) is 39.8 Å². The standard InChI is InChI=1S/C90H167O25P/c1-5-9-13-17-21-25-29-33-35-37-41-45-49-53-57-61-65-76(95)112-85-81(100)82(101)86(113-89-83(102)79(98)77(96)71(66-91)110-89)88(87(85)114-90-84(103)80(99)78(97)72(111-90)69-107-74(93)63-59-55-51-47-42-38-31-27-23-19-15-11-7-3)115-116(104,105)108-68-70(109-75(94)64-60-56-52-48-44-39-32-28-24-20-16-12-8-4)67-106-73(92)62-58-54-50-46-43-40-36-34-30-26-22-18-14-10-6-2/h38,42,70-72,77-91,96-103H,5-37,39-41,43-69H2,1-4H3,(H,104,105)/b42-38-. The van der Waals surface area contributed by atoms with Gasteiger partial charge < -0.3 is 88.7 Å². The summed E-state index contributed by atoms with van der Waals surface area (Å²) in [4.78, 5) is 66.4. The number of aliphatic hydroxyl groups is 9. The number of ether oxygens (including phenoxy) is 8. The summed E-state index contributed by atoms with van der Waals surface area (Å²) in [5, 5.41) is 102. The Labute approximate surface area is 699 Å². The Morgan fingerprint density at radius 3 is 1.03 bits per heavy atom. The fourth-order valence-electron chi connectivity index (χ4n) is 15.5. The van der Waals surface area contributed by atoms with Gasteiger partial charge in [-0.15, -0.1) is 0 Å². The average Bonchev–Trinajstić information content (AvgIpc) is 0.754. The molecule has 3 aliphatic rings. The van der Waals surface area contributed by atoms with E-state index < -0.39 is 162 Å². The van der Waals surface area contributed by atoms with Crippen molar-refractivity contribution in [2.75, 3.05) is 26.4 Å². The van der Waals surface area contributed by atoms with Gasteiger partial charge in [-0.2, -0.15) is 0 Å². The molecule has 2 saturated heterocycles. The molecule has 10 N–H and O–H groups in total. The van der Waals surface area contributed by atoms with Gasteiger partial charge in [0.25, 0.3) is 0 Å². The molecule has 116 heavy (non-hydrogen) atoms. The fourth-order valence-corrected chi connectivity index (χ4v) is 16.5. The summed E-state index contributed by atoms with van der Waals surface area (Å²) in [6.07, 6.45) is 27.8. The number of hydrogen-bond donors (Lipinski definition) is 10. The summed E-state index contributed by atoms with van der Waals surface area (Å²) >= 11 is 0. The molecule has 3 fully saturated rings. The summed E-state index contributed by atoms with van der Waals surface area (Å²) in [6, 6.07) is 0. The van der Waals surface area contributed by atoms with Crippen LogP contribution in [0.15, 0.2) is 12.2 Å². The number of hydrogen-bond acceptors (Lipinski definition) is 24. The van der Waals surface area contributed by atoms with Crippen LogP contribution in [0, 0.1) is 0 Å². The van der Waals surface area contributed by atoms with Crippen molar-refractivity contribution in [3.63, 3.8) is 0 Å². The number of carbonyl (C=O) groups excluding carboxylic acids is 4. The second-order valence-electron chi connectivity index (χ2n) is 33.5. The molecule has 0 aromatic heterocycles. The summed E-state index contributed by atoms with van der Waals surface area (Å²) in [5.41, 5.74) is 0. The molecule has 3 rings (SSSR count). The first-order chi connectivity index (χ1) is 56.2. The van der Waals surface area contributed by atoms with Crippen LogP contribution in [-0.4, -0.2) is 205 Å². The first-order valence-corrected chi connectivity index (χ1v) is 48.4. The lowest BCUT2D eigenvalue weighted by molar-refractivity contribution is -0.360. The Morgan fingerprint density at radius 2 is 0.647 bits per heavy atom. The van der Waals surface area contributed by atoms with Gasteiger partial charge in [0.15, 0.2) is 24.8 Å². The number of rotatable bonds is 76. The highest BCUT2D eigenvalue weighted by Crippen LogP contribution is 2.49. The van der Waals surface area contributed by atoms with E-state index in [0.29, 0.717) is 38.5 Å². The molecule has 2 heterocycles. The van der Waals surface area contributed by atoms with Crippen molar-refractivity contribution in [1.82, 2.24) is 0 Å². The maximum Gasteiger partial charge on any atom is 0.472 e. The molecule has 682 valence electrons. The smallest absolute Gasteiger partial charge is 0.463 e. The summed E-state index contributed by atoms with van der Waals surface area (Å²) in [6.45, 7) is 5.60. The van der Waals surface area contributed by atoms with Crippen LogP contribution in [0.2, 0.25) is 0 Å². The van der Waals surface area contributed by atoms with Gasteiger partial charge in [-0.25, -0.2) is 4.57 Å². The minimum atomic E-state index is -5.80. The molecule has 1 saturated carbocycles. The summed E-state index contributed by atoms with van der Waals surface area (Å²) in [5.74, 6) is -2.97. The van der Waals surface area contributed by atoms with Crippen molar-refractivity contribution in [3.8, 4) is 0 Å². The molecule has 0 radical (unpaired) electrons. The van der Waals surface area contributed by atoms with Crippen molar-refractivity contribution in [3.05, 3.63) is 12.2 Å². The lowest BCUT2D eigenvalue weighted by Crippen LogP contribution is -2.70. The largest absolute Gasteiger partial charge is 0.472 e. The molecule has 25 nitrogen and oxygen atoms in total. The van der Waals surface area contributed by atoms with Gasteiger partial charge in [-0.05, 0) is 51.4 Å². The maximum atomic E-state index is 14.9.